The van der Waals surface area contributed by atoms with E-state index in [9.17, 15) is 14.0 Å². The topological polar surface area (TPSA) is 74.8 Å². The number of hydrogen-bond acceptors (Lipinski definition) is 5. The van der Waals surface area contributed by atoms with Crippen molar-refractivity contribution in [2.45, 2.75) is 11.6 Å². The Hall–Kier alpha value is -2.97. The third-order valence-electron chi connectivity index (χ3n) is 4.20. The second-order valence-electron chi connectivity index (χ2n) is 6.22. The van der Waals surface area contributed by atoms with Gasteiger partial charge in [0, 0.05) is 28.8 Å². The molecule has 0 bridgehead atoms. The summed E-state index contributed by atoms with van der Waals surface area (Å²) in [5.74, 6) is 0.0701. The largest absolute Gasteiger partial charge is 0.326 e. The summed E-state index contributed by atoms with van der Waals surface area (Å²) in [7, 11) is 0. The fourth-order valence-corrected chi connectivity index (χ4v) is 4.63. The number of nitrogens with zero attached hydrogens (tertiary/aromatic N) is 1. The minimum Gasteiger partial charge on any atom is -0.326 e. The molecule has 0 atom stereocenters. The maximum absolute atomic E-state index is 13.2. The lowest BCUT2D eigenvalue weighted by Crippen LogP contribution is -2.13. The number of thiophene rings is 1. The molecule has 0 unspecified atom stereocenters. The molecular formula is C21H16FN3O2S2. The number of anilines is 1. The first kappa shape index (κ1) is 19.4. The summed E-state index contributed by atoms with van der Waals surface area (Å²) in [6.45, 7) is 0. The van der Waals surface area contributed by atoms with Crippen molar-refractivity contribution in [3.05, 3.63) is 76.1 Å². The summed E-state index contributed by atoms with van der Waals surface area (Å²) < 4.78 is 13.2. The van der Waals surface area contributed by atoms with Crippen LogP contribution in [0.1, 0.15) is 6.42 Å². The van der Waals surface area contributed by atoms with E-state index in [1.807, 2.05) is 35.7 Å². The number of carbonyl (C=O) groups is 1. The second-order valence-corrected chi connectivity index (χ2v) is 8.16. The number of nitrogens with one attached hydrogen (secondary N) is 2. The number of H-pyrrole nitrogens is 1. The van der Waals surface area contributed by atoms with Crippen LogP contribution in [0.3, 0.4) is 0 Å². The number of rotatable bonds is 6. The van der Waals surface area contributed by atoms with Gasteiger partial charge in [-0.2, -0.15) is 0 Å². The minimum absolute atomic E-state index is 0.0955. The summed E-state index contributed by atoms with van der Waals surface area (Å²) in [5, 5.41) is 5.64. The summed E-state index contributed by atoms with van der Waals surface area (Å²) >= 11 is 2.69. The summed E-state index contributed by atoms with van der Waals surface area (Å²) in [6, 6.07) is 15.3. The second kappa shape index (κ2) is 8.59. The van der Waals surface area contributed by atoms with E-state index in [2.05, 4.69) is 15.3 Å². The van der Waals surface area contributed by atoms with Gasteiger partial charge in [0.25, 0.3) is 5.56 Å². The molecule has 5 nitrogen and oxygen atoms in total. The zero-order valence-electron chi connectivity index (χ0n) is 15.1. The van der Waals surface area contributed by atoms with Gasteiger partial charge in [-0.25, -0.2) is 9.37 Å². The molecule has 0 saturated carbocycles. The zero-order valence-corrected chi connectivity index (χ0v) is 16.8. The Labute approximate surface area is 174 Å². The van der Waals surface area contributed by atoms with E-state index >= 15 is 0 Å². The smallest absolute Gasteiger partial charge is 0.260 e. The number of carbonyl (C=O) groups excluding carboxylic acids is 1. The molecule has 4 aromatic rings. The molecule has 0 aliphatic rings. The lowest BCUT2D eigenvalue weighted by molar-refractivity contribution is -0.115. The van der Waals surface area contributed by atoms with E-state index in [4.69, 9.17) is 0 Å². The normalized spacial score (nSPS) is 10.9. The van der Waals surface area contributed by atoms with Crippen LogP contribution in [-0.4, -0.2) is 21.6 Å². The molecule has 146 valence electrons. The fraction of sp³-hybridized carbons (Fsp3) is 0.0952. The van der Waals surface area contributed by atoms with Crippen molar-refractivity contribution >= 4 is 44.9 Å². The van der Waals surface area contributed by atoms with Crippen molar-refractivity contribution in [2.75, 3.05) is 11.1 Å². The molecule has 29 heavy (non-hydrogen) atoms. The Bertz CT molecular complexity index is 1200. The first-order chi connectivity index (χ1) is 14.1. The highest BCUT2D eigenvalue weighted by Gasteiger charge is 2.13. The Morgan fingerprint density at radius 3 is 2.66 bits per heavy atom. The third-order valence-corrected chi connectivity index (χ3v) is 5.95. The maximum atomic E-state index is 13.2. The van der Waals surface area contributed by atoms with Crippen LogP contribution in [-0.2, 0) is 4.79 Å². The number of aromatic nitrogens is 2. The molecule has 2 heterocycles. The first-order valence-electron chi connectivity index (χ1n) is 8.85. The number of hydrogen-bond donors (Lipinski definition) is 2. The number of thioether (sulfide) groups is 1. The van der Waals surface area contributed by atoms with Crippen LogP contribution in [0.25, 0.3) is 21.3 Å². The Balaban J connectivity index is 1.45. The molecule has 2 aromatic carbocycles. The van der Waals surface area contributed by atoms with Crippen LogP contribution in [0.2, 0.25) is 0 Å². The van der Waals surface area contributed by atoms with Crippen LogP contribution >= 0.6 is 23.1 Å². The fourth-order valence-electron chi connectivity index (χ4n) is 2.82. The lowest BCUT2D eigenvalue weighted by Gasteiger charge is -2.05. The third kappa shape index (κ3) is 4.55. The molecule has 0 aliphatic heterocycles. The van der Waals surface area contributed by atoms with E-state index < -0.39 is 0 Å². The molecule has 2 aromatic heterocycles. The van der Waals surface area contributed by atoms with Gasteiger partial charge in [0.2, 0.25) is 5.91 Å². The van der Waals surface area contributed by atoms with Crippen molar-refractivity contribution in [1.29, 1.82) is 0 Å². The molecule has 8 heteroatoms. The standard InChI is InChI=1S/C21H16FN3O2S2/c22-14-8-6-13(7-9-14)16-12-29-20-18(16)19(27)24-21(25-20)28-11-10-17(26)23-15-4-2-1-3-5-15/h1-9,12H,10-11H2,(H,23,26)(H,24,25,27). The molecule has 0 spiro atoms. The van der Waals surface area contributed by atoms with Crippen molar-refractivity contribution < 1.29 is 9.18 Å². The van der Waals surface area contributed by atoms with E-state index in [1.165, 1.54) is 35.2 Å². The first-order valence-corrected chi connectivity index (χ1v) is 10.7. The number of fused-ring (bicyclic) bond motifs is 1. The molecule has 0 fully saturated rings. The average Bonchev–Trinajstić information content (AvgIpc) is 3.14. The van der Waals surface area contributed by atoms with Crippen LogP contribution < -0.4 is 10.9 Å². The van der Waals surface area contributed by atoms with Gasteiger partial charge in [0.1, 0.15) is 10.6 Å². The van der Waals surface area contributed by atoms with Crippen molar-refractivity contribution in [3.8, 4) is 11.1 Å². The van der Waals surface area contributed by atoms with Crippen LogP contribution in [0, 0.1) is 5.82 Å². The van der Waals surface area contributed by atoms with Gasteiger partial charge >= 0.3 is 0 Å². The number of halogens is 1. The van der Waals surface area contributed by atoms with Gasteiger partial charge in [-0.3, -0.25) is 9.59 Å². The minimum atomic E-state index is -0.324. The van der Waals surface area contributed by atoms with Gasteiger partial charge in [-0.1, -0.05) is 42.1 Å². The van der Waals surface area contributed by atoms with Gasteiger partial charge in [-0.05, 0) is 29.8 Å². The predicted molar refractivity (Wildman–Crippen MR) is 116 cm³/mol. The Kier molecular flexibility index (Phi) is 5.73. The van der Waals surface area contributed by atoms with E-state index in [1.54, 1.807) is 12.1 Å². The van der Waals surface area contributed by atoms with Crippen molar-refractivity contribution in [1.82, 2.24) is 9.97 Å². The highest BCUT2D eigenvalue weighted by molar-refractivity contribution is 7.99. The summed E-state index contributed by atoms with van der Waals surface area (Å²) in [4.78, 5) is 32.5. The van der Waals surface area contributed by atoms with E-state index in [0.29, 0.717) is 27.5 Å². The Morgan fingerprint density at radius 2 is 1.90 bits per heavy atom. The number of para-hydroxylation sites is 1. The monoisotopic (exact) mass is 425 g/mol. The van der Waals surface area contributed by atoms with Gasteiger partial charge < -0.3 is 10.3 Å². The maximum Gasteiger partial charge on any atom is 0.260 e. The number of benzene rings is 2. The van der Waals surface area contributed by atoms with Crippen molar-refractivity contribution in [2.24, 2.45) is 0 Å². The van der Waals surface area contributed by atoms with E-state index in [0.717, 1.165) is 16.8 Å². The van der Waals surface area contributed by atoms with Crippen molar-refractivity contribution in [3.63, 3.8) is 0 Å². The van der Waals surface area contributed by atoms with Gasteiger partial charge in [0.15, 0.2) is 5.16 Å². The molecule has 0 radical (unpaired) electrons. The molecule has 0 aliphatic carbocycles. The molecule has 1 amide bonds. The highest BCUT2D eigenvalue weighted by atomic mass is 32.2. The van der Waals surface area contributed by atoms with Crippen LogP contribution in [0.4, 0.5) is 10.1 Å². The summed E-state index contributed by atoms with van der Waals surface area (Å²) in [5.41, 5.74) is 2.01. The molecule has 4 rings (SSSR count). The van der Waals surface area contributed by atoms with Crippen LogP contribution in [0.5, 0.6) is 0 Å². The molecular weight excluding hydrogens is 409 g/mol. The number of amides is 1. The average molecular weight is 426 g/mol. The van der Waals surface area contributed by atoms with Crippen LogP contribution in [0.15, 0.2) is 69.9 Å². The lowest BCUT2D eigenvalue weighted by atomic mass is 10.1. The molecule has 0 saturated heterocycles. The SMILES string of the molecule is O=C(CCSc1nc2scc(-c3ccc(F)cc3)c2c(=O)[nH]1)Nc1ccccc1. The highest BCUT2D eigenvalue weighted by Crippen LogP contribution is 2.31. The zero-order chi connectivity index (χ0) is 20.2. The van der Waals surface area contributed by atoms with Gasteiger partial charge in [0.05, 0.1) is 5.39 Å². The number of aromatic amines is 1. The van der Waals surface area contributed by atoms with E-state index in [-0.39, 0.29) is 17.3 Å². The predicted octanol–water partition coefficient (Wildman–Crippen LogP) is 4.91. The quantitative estimate of drug-likeness (QED) is 0.340. The van der Waals surface area contributed by atoms with Gasteiger partial charge in [-0.15, -0.1) is 11.3 Å². The molecule has 2 N–H and O–H groups in total. The summed E-state index contributed by atoms with van der Waals surface area (Å²) in [6.07, 6.45) is 0.298. The Morgan fingerprint density at radius 1 is 1.14 bits per heavy atom.